The van der Waals surface area contributed by atoms with E-state index >= 15 is 0 Å². The van der Waals surface area contributed by atoms with Crippen molar-refractivity contribution in [3.05, 3.63) is 48.2 Å². The smallest absolute Gasteiger partial charge is 0.0352 e. The lowest BCUT2D eigenvalue weighted by molar-refractivity contribution is 0.333. The van der Waals surface area contributed by atoms with E-state index in [-0.39, 0.29) is 0 Å². The number of hydrogen-bond donors (Lipinski definition) is 1. The number of nitrogens with one attached hydrogen (secondary N) is 1. The van der Waals surface area contributed by atoms with E-state index in [0.29, 0.717) is 5.92 Å². The lowest BCUT2D eigenvalue weighted by Crippen LogP contribution is -2.24. The molecule has 1 nitrogen and oxygen atoms in total. The first-order valence-corrected chi connectivity index (χ1v) is 8.44. The van der Waals surface area contributed by atoms with Gasteiger partial charge in [-0.25, -0.2) is 0 Å². The summed E-state index contributed by atoms with van der Waals surface area (Å²) in [6.07, 6.45) is 14.5. The maximum atomic E-state index is 4.14. The maximum Gasteiger partial charge on any atom is 0.0352 e. The standard InChI is InChI=1S/C20H33N/c1-6-10-17(4)14-20(21-15-16(2)3)19-12-9-7-8-11-18(5)13-19/h6,10,14,18-19,21H,2,4,7-9,11-13,15H2,1,3,5H3/b10-6-,20-14-. The van der Waals surface area contributed by atoms with Crippen LogP contribution in [0.1, 0.15) is 59.3 Å². The summed E-state index contributed by atoms with van der Waals surface area (Å²) in [6.45, 7) is 15.5. The molecule has 2 unspecified atom stereocenters. The molecule has 1 aliphatic carbocycles. The van der Waals surface area contributed by atoms with E-state index in [0.717, 1.165) is 18.0 Å². The van der Waals surface area contributed by atoms with Gasteiger partial charge in [-0.05, 0) is 50.2 Å². The van der Waals surface area contributed by atoms with E-state index in [1.807, 2.05) is 6.92 Å². The van der Waals surface area contributed by atoms with Crippen molar-refractivity contribution < 1.29 is 0 Å². The molecule has 0 aromatic heterocycles. The average Bonchev–Trinajstić information content (AvgIpc) is 2.39. The zero-order valence-electron chi connectivity index (χ0n) is 14.3. The van der Waals surface area contributed by atoms with Crippen LogP contribution in [0.25, 0.3) is 0 Å². The van der Waals surface area contributed by atoms with E-state index in [1.54, 1.807) is 0 Å². The second kappa shape index (κ2) is 9.65. The van der Waals surface area contributed by atoms with Crippen LogP contribution in [-0.2, 0) is 0 Å². The first-order chi connectivity index (χ1) is 10.0. The van der Waals surface area contributed by atoms with Gasteiger partial charge in [-0.1, -0.05) is 63.5 Å². The van der Waals surface area contributed by atoms with Crippen LogP contribution in [-0.4, -0.2) is 6.54 Å². The van der Waals surface area contributed by atoms with Crippen LogP contribution in [0.15, 0.2) is 48.2 Å². The van der Waals surface area contributed by atoms with Crippen LogP contribution in [0.2, 0.25) is 0 Å². The number of allylic oxidation sites excluding steroid dienone is 5. The van der Waals surface area contributed by atoms with Crippen LogP contribution in [0.4, 0.5) is 0 Å². The van der Waals surface area contributed by atoms with Gasteiger partial charge in [0.2, 0.25) is 0 Å². The highest BCUT2D eigenvalue weighted by molar-refractivity contribution is 5.31. The fourth-order valence-corrected chi connectivity index (χ4v) is 3.09. The third kappa shape index (κ3) is 7.36. The van der Waals surface area contributed by atoms with Gasteiger partial charge in [-0.3, -0.25) is 0 Å². The molecular weight excluding hydrogens is 254 g/mol. The van der Waals surface area contributed by atoms with Crippen LogP contribution >= 0.6 is 0 Å². The van der Waals surface area contributed by atoms with Crippen molar-refractivity contribution in [3.63, 3.8) is 0 Å². The fraction of sp³-hybridized carbons (Fsp3) is 0.600. The summed E-state index contributed by atoms with van der Waals surface area (Å²) < 4.78 is 0. The molecule has 0 aromatic carbocycles. The quantitative estimate of drug-likeness (QED) is 0.482. The molecular formula is C20H33N. The van der Waals surface area contributed by atoms with Crippen molar-refractivity contribution in [3.8, 4) is 0 Å². The summed E-state index contributed by atoms with van der Waals surface area (Å²) in [5.41, 5.74) is 3.61. The van der Waals surface area contributed by atoms with Gasteiger partial charge < -0.3 is 5.32 Å². The normalized spacial score (nSPS) is 24.4. The zero-order chi connectivity index (χ0) is 15.7. The van der Waals surface area contributed by atoms with E-state index in [4.69, 9.17) is 0 Å². The molecule has 0 aliphatic heterocycles. The molecule has 21 heavy (non-hydrogen) atoms. The molecule has 0 amide bonds. The highest BCUT2D eigenvalue weighted by atomic mass is 14.9. The predicted octanol–water partition coefficient (Wildman–Crippen LogP) is 5.77. The maximum absolute atomic E-state index is 4.14. The third-order valence-electron chi connectivity index (χ3n) is 4.19. The summed E-state index contributed by atoms with van der Waals surface area (Å²) in [7, 11) is 0. The predicted molar refractivity (Wildman–Crippen MR) is 95.2 cm³/mol. The van der Waals surface area contributed by atoms with E-state index in [1.165, 1.54) is 49.8 Å². The Morgan fingerprint density at radius 1 is 1.19 bits per heavy atom. The summed E-state index contributed by atoms with van der Waals surface area (Å²) in [5, 5.41) is 3.61. The van der Waals surface area contributed by atoms with Crippen LogP contribution in [0, 0.1) is 11.8 Å². The molecule has 1 aliphatic rings. The lowest BCUT2D eigenvalue weighted by Gasteiger charge is -2.27. The van der Waals surface area contributed by atoms with Gasteiger partial charge in [0.1, 0.15) is 0 Å². The highest BCUT2D eigenvalue weighted by Gasteiger charge is 2.19. The minimum Gasteiger partial charge on any atom is -0.384 e. The average molecular weight is 287 g/mol. The van der Waals surface area contributed by atoms with E-state index < -0.39 is 0 Å². The van der Waals surface area contributed by atoms with Crippen LogP contribution in [0.3, 0.4) is 0 Å². The first-order valence-electron chi connectivity index (χ1n) is 8.44. The van der Waals surface area contributed by atoms with Gasteiger partial charge in [0, 0.05) is 12.2 Å². The van der Waals surface area contributed by atoms with Crippen molar-refractivity contribution in [2.75, 3.05) is 6.54 Å². The van der Waals surface area contributed by atoms with Gasteiger partial charge in [0.15, 0.2) is 0 Å². The fourth-order valence-electron chi connectivity index (χ4n) is 3.09. The van der Waals surface area contributed by atoms with Gasteiger partial charge in [0.25, 0.3) is 0 Å². The molecule has 0 bridgehead atoms. The highest BCUT2D eigenvalue weighted by Crippen LogP contribution is 2.30. The van der Waals surface area contributed by atoms with Crippen LogP contribution in [0.5, 0.6) is 0 Å². The molecule has 1 fully saturated rings. The third-order valence-corrected chi connectivity index (χ3v) is 4.19. The van der Waals surface area contributed by atoms with Crippen molar-refractivity contribution in [1.82, 2.24) is 5.32 Å². The van der Waals surface area contributed by atoms with Gasteiger partial charge >= 0.3 is 0 Å². The zero-order valence-corrected chi connectivity index (χ0v) is 14.3. The molecule has 118 valence electrons. The van der Waals surface area contributed by atoms with Crippen molar-refractivity contribution in [2.24, 2.45) is 11.8 Å². The molecule has 0 spiro atoms. The SMILES string of the molecule is C=C(/C=C\C)/C=C(\NCC(=C)C)C1CCCCCC(C)C1. The van der Waals surface area contributed by atoms with Gasteiger partial charge in [-0.15, -0.1) is 0 Å². The molecule has 1 rings (SSSR count). The Morgan fingerprint density at radius 2 is 1.90 bits per heavy atom. The Hall–Kier alpha value is -1.24. The van der Waals surface area contributed by atoms with E-state index in [9.17, 15) is 0 Å². The van der Waals surface area contributed by atoms with E-state index in [2.05, 4.69) is 50.6 Å². The molecule has 0 heterocycles. The molecule has 0 radical (unpaired) electrons. The lowest BCUT2D eigenvalue weighted by atomic mass is 9.83. The molecule has 2 atom stereocenters. The van der Waals surface area contributed by atoms with Crippen LogP contribution < -0.4 is 5.32 Å². The van der Waals surface area contributed by atoms with Crippen molar-refractivity contribution >= 4 is 0 Å². The Bertz CT molecular complexity index is 400. The van der Waals surface area contributed by atoms with Gasteiger partial charge in [0.05, 0.1) is 0 Å². The molecule has 1 saturated carbocycles. The molecule has 1 N–H and O–H groups in total. The second-order valence-electron chi connectivity index (χ2n) is 6.66. The summed E-state index contributed by atoms with van der Waals surface area (Å²) >= 11 is 0. The first kappa shape index (κ1) is 17.8. The minimum absolute atomic E-state index is 0.640. The Labute approximate surface area is 131 Å². The summed E-state index contributed by atoms with van der Waals surface area (Å²) in [6, 6.07) is 0. The second-order valence-corrected chi connectivity index (χ2v) is 6.66. The molecule has 0 aromatic rings. The molecule has 0 saturated heterocycles. The Morgan fingerprint density at radius 3 is 2.57 bits per heavy atom. The number of hydrogen-bond acceptors (Lipinski definition) is 1. The Balaban J connectivity index is 2.85. The Kier molecular flexibility index (Phi) is 8.19. The van der Waals surface area contributed by atoms with Crippen molar-refractivity contribution in [1.29, 1.82) is 0 Å². The molecule has 1 heteroatoms. The summed E-state index contributed by atoms with van der Waals surface area (Å²) in [5.74, 6) is 1.46. The minimum atomic E-state index is 0.640. The monoisotopic (exact) mass is 287 g/mol. The number of rotatable bonds is 6. The largest absolute Gasteiger partial charge is 0.384 e. The van der Waals surface area contributed by atoms with Gasteiger partial charge in [-0.2, -0.15) is 0 Å². The van der Waals surface area contributed by atoms with Crippen molar-refractivity contribution in [2.45, 2.75) is 59.3 Å². The topological polar surface area (TPSA) is 12.0 Å². The summed E-state index contributed by atoms with van der Waals surface area (Å²) in [4.78, 5) is 0.